The first-order valence-corrected chi connectivity index (χ1v) is 13.2. The van der Waals surface area contributed by atoms with Gasteiger partial charge in [0.25, 0.3) is 0 Å². The van der Waals surface area contributed by atoms with Crippen molar-refractivity contribution in [1.82, 2.24) is 9.97 Å². The fourth-order valence-electron chi connectivity index (χ4n) is 3.99. The zero-order chi connectivity index (χ0) is 29.1. The van der Waals surface area contributed by atoms with Crippen LogP contribution in [0.1, 0.15) is 50.2 Å². The molecule has 0 aliphatic rings. The number of halogens is 3. The molecule has 0 saturated carbocycles. The smallest absolute Gasteiger partial charge is 0.494 e. The number of carbonyl (C=O) groups is 1. The third-order valence-corrected chi connectivity index (χ3v) is 5.57. The summed E-state index contributed by atoms with van der Waals surface area (Å²) in [6.07, 6.45) is -1.88. The Hall–Kier alpha value is -4.21. The summed E-state index contributed by atoms with van der Waals surface area (Å²) in [5.74, 6) is 0.248. The van der Waals surface area contributed by atoms with Gasteiger partial charge < -0.3 is 23.9 Å². The second kappa shape index (κ2) is 14.3. The minimum absolute atomic E-state index is 0.164. The summed E-state index contributed by atoms with van der Waals surface area (Å²) < 4.78 is 57.8. The second-order valence-corrected chi connectivity index (χ2v) is 8.28. The summed E-state index contributed by atoms with van der Waals surface area (Å²) in [7, 11) is 0. The Morgan fingerprint density at radius 2 is 1.62 bits per heavy atom. The quantitative estimate of drug-likeness (QED) is 0.190. The first-order valence-electron chi connectivity index (χ1n) is 13.2. The first-order chi connectivity index (χ1) is 19.3. The molecule has 0 amide bonds. The number of aromatic nitrogens is 2. The lowest BCUT2D eigenvalue weighted by atomic mass is 10.0. The molecule has 0 fully saturated rings. The number of aromatic amines is 1. The highest BCUT2D eigenvalue weighted by Crippen LogP contribution is 2.32. The van der Waals surface area contributed by atoms with E-state index in [1.54, 1.807) is 13.1 Å². The molecular formula is C30H33F3N2O5. The van der Waals surface area contributed by atoms with Crippen molar-refractivity contribution >= 4 is 16.9 Å². The summed E-state index contributed by atoms with van der Waals surface area (Å²) in [4.78, 5) is 20.6. The number of fused-ring (bicyclic) bond motifs is 1. The Morgan fingerprint density at radius 1 is 0.925 bits per heavy atom. The highest BCUT2D eigenvalue weighted by atomic mass is 19.4. The van der Waals surface area contributed by atoms with Crippen LogP contribution in [0.4, 0.5) is 13.2 Å². The summed E-state index contributed by atoms with van der Waals surface area (Å²) in [6.45, 7) is 8.73. The van der Waals surface area contributed by atoms with Gasteiger partial charge in [0.1, 0.15) is 22.9 Å². The van der Waals surface area contributed by atoms with Crippen molar-refractivity contribution in [2.75, 3.05) is 19.8 Å². The lowest BCUT2D eigenvalue weighted by Crippen LogP contribution is -2.17. The second-order valence-electron chi connectivity index (χ2n) is 8.28. The van der Waals surface area contributed by atoms with Crippen LogP contribution in [0.15, 0.2) is 60.8 Å². The van der Waals surface area contributed by atoms with Gasteiger partial charge in [-0.25, -0.2) is 4.79 Å². The summed E-state index contributed by atoms with van der Waals surface area (Å²) in [5, 5.41) is 0.787. The Kier molecular flexibility index (Phi) is 10.8. The molecule has 0 atom stereocenters. The number of H-pyrrole nitrogens is 1. The number of hydrogen-bond acceptors (Lipinski definition) is 6. The molecule has 0 radical (unpaired) electrons. The number of ether oxygens (including phenoxy) is 4. The molecule has 1 N–H and O–H groups in total. The fourth-order valence-corrected chi connectivity index (χ4v) is 3.99. The standard InChI is InChI=1S/C28H27F3N2O5.C2H6/c1-3-15-36-21-7-5-6-18(17-21)24-25-22(12-14-32-24)23(26(33-25)27(34)35-4-2)13-16-37-19-8-10-20(11-9-19)38-28(29,30)31;1-2/h5-12,14,17,33H,3-4,13,15-16H2,1-2H3;1-2H3. The molecule has 2 aromatic carbocycles. The third kappa shape index (κ3) is 7.91. The van der Waals surface area contributed by atoms with Gasteiger partial charge in [-0.3, -0.25) is 4.98 Å². The Labute approximate surface area is 231 Å². The summed E-state index contributed by atoms with van der Waals surface area (Å²) in [5.41, 5.74) is 3.14. The van der Waals surface area contributed by atoms with E-state index in [-0.39, 0.29) is 19.0 Å². The zero-order valence-electron chi connectivity index (χ0n) is 22.9. The van der Waals surface area contributed by atoms with Gasteiger partial charge in [-0.1, -0.05) is 32.9 Å². The molecule has 0 spiro atoms. The van der Waals surface area contributed by atoms with E-state index < -0.39 is 12.3 Å². The molecule has 10 heteroatoms. The molecule has 0 saturated heterocycles. The van der Waals surface area contributed by atoms with E-state index >= 15 is 0 Å². The number of carbonyl (C=O) groups excluding carboxylic acids is 1. The average molecular weight is 559 g/mol. The third-order valence-electron chi connectivity index (χ3n) is 5.57. The van der Waals surface area contributed by atoms with E-state index in [4.69, 9.17) is 14.2 Å². The van der Waals surface area contributed by atoms with Crippen LogP contribution in [0.3, 0.4) is 0 Å². The minimum Gasteiger partial charge on any atom is -0.494 e. The van der Waals surface area contributed by atoms with Gasteiger partial charge in [0, 0.05) is 23.6 Å². The van der Waals surface area contributed by atoms with Crippen LogP contribution in [0.2, 0.25) is 0 Å². The normalized spacial score (nSPS) is 11.0. The Balaban J connectivity index is 0.00000216. The SMILES string of the molecule is CC.CCCOc1cccc(-c2nccc3c(CCOc4ccc(OC(F)(F)F)cc4)c(C(=O)OCC)[nH]c23)c1. The fraction of sp³-hybridized carbons (Fsp3) is 0.333. The minimum atomic E-state index is -4.77. The molecule has 4 aromatic rings. The predicted octanol–water partition coefficient (Wildman–Crippen LogP) is 7.74. The molecule has 0 aliphatic carbocycles. The Bertz CT molecular complexity index is 1380. The van der Waals surface area contributed by atoms with E-state index in [1.807, 2.05) is 51.1 Å². The van der Waals surface area contributed by atoms with Gasteiger partial charge in [-0.2, -0.15) is 0 Å². The van der Waals surface area contributed by atoms with E-state index in [9.17, 15) is 18.0 Å². The van der Waals surface area contributed by atoms with Crippen molar-refractivity contribution in [2.45, 2.75) is 46.9 Å². The molecular weight excluding hydrogens is 525 g/mol. The highest BCUT2D eigenvalue weighted by Gasteiger charge is 2.31. The number of alkyl halides is 3. The average Bonchev–Trinajstić information content (AvgIpc) is 3.32. The lowest BCUT2D eigenvalue weighted by molar-refractivity contribution is -0.274. The lowest BCUT2D eigenvalue weighted by Gasteiger charge is -2.10. The molecule has 0 bridgehead atoms. The number of hydrogen-bond donors (Lipinski definition) is 1. The predicted molar refractivity (Wildman–Crippen MR) is 147 cm³/mol. The highest BCUT2D eigenvalue weighted by molar-refractivity contribution is 6.02. The molecule has 40 heavy (non-hydrogen) atoms. The van der Waals surface area contributed by atoms with Gasteiger partial charge in [0.15, 0.2) is 0 Å². The molecule has 214 valence electrons. The van der Waals surface area contributed by atoms with Crippen molar-refractivity contribution in [3.63, 3.8) is 0 Å². The van der Waals surface area contributed by atoms with E-state index in [1.165, 1.54) is 24.3 Å². The maximum Gasteiger partial charge on any atom is 0.573 e. The summed E-state index contributed by atoms with van der Waals surface area (Å²) >= 11 is 0. The number of pyridine rings is 1. The van der Waals surface area contributed by atoms with Crippen molar-refractivity contribution in [2.24, 2.45) is 0 Å². The number of benzene rings is 2. The van der Waals surface area contributed by atoms with Crippen LogP contribution in [0.25, 0.3) is 22.2 Å². The summed E-state index contributed by atoms with van der Waals surface area (Å²) in [6, 6.07) is 14.5. The molecule has 0 aliphatic heterocycles. The van der Waals surface area contributed by atoms with Crippen molar-refractivity contribution in [1.29, 1.82) is 0 Å². The molecule has 2 aromatic heterocycles. The first kappa shape index (κ1) is 30.3. The topological polar surface area (TPSA) is 82.7 Å². The number of nitrogens with one attached hydrogen (secondary N) is 1. The molecule has 2 heterocycles. The van der Waals surface area contributed by atoms with E-state index in [0.29, 0.717) is 41.2 Å². The van der Waals surface area contributed by atoms with E-state index in [2.05, 4.69) is 14.7 Å². The van der Waals surface area contributed by atoms with Gasteiger partial charge in [0.05, 0.1) is 31.0 Å². The van der Waals surface area contributed by atoms with E-state index in [0.717, 1.165) is 23.1 Å². The van der Waals surface area contributed by atoms with Crippen LogP contribution < -0.4 is 14.2 Å². The van der Waals surface area contributed by atoms with Crippen molar-refractivity contribution < 1.29 is 36.9 Å². The number of rotatable bonds is 11. The van der Waals surface area contributed by atoms with Gasteiger partial charge in [-0.15, -0.1) is 13.2 Å². The van der Waals surface area contributed by atoms with Crippen molar-refractivity contribution in [3.05, 3.63) is 72.1 Å². The number of nitrogens with zero attached hydrogens (tertiary/aromatic N) is 1. The van der Waals surface area contributed by atoms with Crippen LogP contribution in [-0.4, -0.2) is 42.1 Å². The Morgan fingerprint density at radius 3 is 2.30 bits per heavy atom. The van der Waals surface area contributed by atoms with Crippen LogP contribution >= 0.6 is 0 Å². The van der Waals surface area contributed by atoms with Gasteiger partial charge in [-0.05, 0) is 61.4 Å². The molecule has 7 nitrogen and oxygen atoms in total. The largest absolute Gasteiger partial charge is 0.573 e. The molecule has 4 rings (SSSR count). The molecule has 0 unspecified atom stereocenters. The van der Waals surface area contributed by atoms with Gasteiger partial charge >= 0.3 is 12.3 Å². The monoisotopic (exact) mass is 558 g/mol. The zero-order valence-corrected chi connectivity index (χ0v) is 22.9. The maximum atomic E-state index is 12.8. The maximum absolute atomic E-state index is 12.8. The van der Waals surface area contributed by atoms with Gasteiger partial charge in [0.2, 0.25) is 0 Å². The van der Waals surface area contributed by atoms with Crippen LogP contribution in [-0.2, 0) is 11.2 Å². The number of esters is 1. The van der Waals surface area contributed by atoms with Crippen LogP contribution in [0, 0.1) is 0 Å². The van der Waals surface area contributed by atoms with Crippen LogP contribution in [0.5, 0.6) is 17.2 Å². The van der Waals surface area contributed by atoms with Crippen molar-refractivity contribution in [3.8, 4) is 28.5 Å².